The molecule has 4 aromatic rings. The van der Waals surface area contributed by atoms with E-state index in [0.717, 1.165) is 41.1 Å². The SMILES string of the molecule is C[C@@H](Nc1ccc2ncc(-c3ccc(N4CCCC4=O)cc3)n2n1)c1cccc(F)c1. The molecule has 2 aromatic carbocycles. The molecule has 0 spiro atoms. The van der Waals surface area contributed by atoms with Crippen LogP contribution in [0.1, 0.15) is 31.4 Å². The maximum Gasteiger partial charge on any atom is 0.227 e. The summed E-state index contributed by atoms with van der Waals surface area (Å²) in [4.78, 5) is 18.3. The van der Waals surface area contributed by atoms with Gasteiger partial charge in [-0.05, 0) is 55.3 Å². The van der Waals surface area contributed by atoms with E-state index in [0.29, 0.717) is 12.2 Å². The molecule has 7 heteroatoms. The van der Waals surface area contributed by atoms with Crippen molar-refractivity contribution >= 4 is 23.1 Å². The maximum atomic E-state index is 13.5. The Bertz CT molecular complexity index is 1250. The van der Waals surface area contributed by atoms with Crippen LogP contribution in [0.3, 0.4) is 0 Å². The number of carbonyl (C=O) groups excluding carboxylic acids is 1. The molecule has 0 bridgehead atoms. The normalized spacial score (nSPS) is 14.9. The number of halogens is 1. The van der Waals surface area contributed by atoms with Crippen molar-refractivity contribution in [3.05, 3.63) is 78.2 Å². The molecule has 1 amide bonds. The van der Waals surface area contributed by atoms with Crippen LogP contribution >= 0.6 is 0 Å². The molecular formula is C24H22FN5O. The van der Waals surface area contributed by atoms with Gasteiger partial charge in [0.1, 0.15) is 11.6 Å². The molecule has 6 nitrogen and oxygen atoms in total. The van der Waals surface area contributed by atoms with Crippen LogP contribution in [0.4, 0.5) is 15.9 Å². The van der Waals surface area contributed by atoms with E-state index in [2.05, 4.69) is 10.3 Å². The molecule has 0 saturated carbocycles. The van der Waals surface area contributed by atoms with Crippen molar-refractivity contribution in [3.63, 3.8) is 0 Å². The van der Waals surface area contributed by atoms with Crippen molar-refractivity contribution in [2.75, 3.05) is 16.8 Å². The third kappa shape index (κ3) is 3.74. The van der Waals surface area contributed by atoms with E-state index < -0.39 is 0 Å². The second-order valence-electron chi connectivity index (χ2n) is 7.75. The molecule has 5 rings (SSSR count). The molecule has 0 radical (unpaired) electrons. The summed E-state index contributed by atoms with van der Waals surface area (Å²) in [6, 6.07) is 18.1. The molecule has 31 heavy (non-hydrogen) atoms. The van der Waals surface area contributed by atoms with Crippen LogP contribution < -0.4 is 10.2 Å². The standard InChI is InChI=1S/C24H22FN5O/c1-16(18-4-2-5-19(25)14-18)27-22-11-12-23-26-15-21(30(23)28-22)17-7-9-20(10-8-17)29-13-3-6-24(29)31/h2,4-5,7-12,14-16H,3,6,13H2,1H3,(H,27,28)/t16-/m1/s1. The van der Waals surface area contributed by atoms with E-state index in [1.807, 2.05) is 54.3 Å². The number of nitrogens with one attached hydrogen (secondary N) is 1. The van der Waals surface area contributed by atoms with Crippen LogP contribution in [0.25, 0.3) is 16.9 Å². The number of hydrogen-bond donors (Lipinski definition) is 1. The number of hydrogen-bond acceptors (Lipinski definition) is 4. The van der Waals surface area contributed by atoms with Crippen molar-refractivity contribution in [1.82, 2.24) is 14.6 Å². The average molecular weight is 415 g/mol. The largest absolute Gasteiger partial charge is 0.362 e. The number of benzene rings is 2. The van der Waals surface area contributed by atoms with Crippen molar-refractivity contribution in [1.29, 1.82) is 0 Å². The Hall–Kier alpha value is -3.74. The van der Waals surface area contributed by atoms with Gasteiger partial charge in [0.05, 0.1) is 17.9 Å². The number of aromatic nitrogens is 3. The number of anilines is 2. The Morgan fingerprint density at radius 3 is 2.68 bits per heavy atom. The molecule has 1 fully saturated rings. The summed E-state index contributed by atoms with van der Waals surface area (Å²) in [6.45, 7) is 2.74. The minimum Gasteiger partial charge on any atom is -0.362 e. The minimum atomic E-state index is -0.259. The van der Waals surface area contributed by atoms with Gasteiger partial charge in [-0.2, -0.15) is 0 Å². The summed E-state index contributed by atoms with van der Waals surface area (Å²) in [6.07, 6.45) is 3.31. The number of fused-ring (bicyclic) bond motifs is 1. The first-order chi connectivity index (χ1) is 15.1. The van der Waals surface area contributed by atoms with E-state index >= 15 is 0 Å². The van der Waals surface area contributed by atoms with Crippen LogP contribution in [0, 0.1) is 5.82 Å². The quantitative estimate of drug-likeness (QED) is 0.507. The zero-order chi connectivity index (χ0) is 21.4. The maximum absolute atomic E-state index is 13.5. The van der Waals surface area contributed by atoms with Crippen LogP contribution in [0.15, 0.2) is 66.9 Å². The summed E-state index contributed by atoms with van der Waals surface area (Å²) >= 11 is 0. The fourth-order valence-corrected chi connectivity index (χ4v) is 3.96. The predicted octanol–water partition coefficient (Wildman–Crippen LogP) is 4.84. The lowest BCUT2D eigenvalue weighted by Gasteiger charge is -2.16. The van der Waals surface area contributed by atoms with Crippen molar-refractivity contribution in [2.24, 2.45) is 0 Å². The average Bonchev–Trinajstić information content (AvgIpc) is 3.40. The summed E-state index contributed by atoms with van der Waals surface area (Å²) in [7, 11) is 0. The molecule has 1 atom stereocenters. The fraction of sp³-hybridized carbons (Fsp3) is 0.208. The van der Waals surface area contributed by atoms with E-state index in [4.69, 9.17) is 5.10 Å². The smallest absolute Gasteiger partial charge is 0.227 e. The zero-order valence-corrected chi connectivity index (χ0v) is 17.1. The van der Waals surface area contributed by atoms with Gasteiger partial charge >= 0.3 is 0 Å². The lowest BCUT2D eigenvalue weighted by Crippen LogP contribution is -2.23. The Balaban J connectivity index is 1.42. The lowest BCUT2D eigenvalue weighted by atomic mass is 10.1. The zero-order valence-electron chi connectivity index (χ0n) is 17.1. The molecule has 1 aliphatic rings. The topological polar surface area (TPSA) is 62.5 Å². The van der Waals surface area contributed by atoms with E-state index in [1.54, 1.807) is 16.8 Å². The first-order valence-electron chi connectivity index (χ1n) is 10.4. The highest BCUT2D eigenvalue weighted by Gasteiger charge is 2.21. The monoisotopic (exact) mass is 415 g/mol. The van der Waals surface area contributed by atoms with E-state index in [-0.39, 0.29) is 17.8 Å². The van der Waals surface area contributed by atoms with Crippen LogP contribution in [-0.2, 0) is 4.79 Å². The van der Waals surface area contributed by atoms with Crippen LogP contribution in [-0.4, -0.2) is 27.0 Å². The highest BCUT2D eigenvalue weighted by atomic mass is 19.1. The van der Waals surface area contributed by atoms with Crippen molar-refractivity contribution in [3.8, 4) is 11.3 Å². The number of rotatable bonds is 5. The second kappa shape index (κ2) is 7.83. The highest BCUT2D eigenvalue weighted by molar-refractivity contribution is 5.95. The predicted molar refractivity (Wildman–Crippen MR) is 118 cm³/mol. The summed E-state index contributed by atoms with van der Waals surface area (Å²) in [5.41, 5.74) is 4.32. The third-order valence-electron chi connectivity index (χ3n) is 5.62. The number of carbonyl (C=O) groups is 1. The van der Waals surface area contributed by atoms with Crippen LogP contribution in [0.2, 0.25) is 0 Å². The Morgan fingerprint density at radius 1 is 1.10 bits per heavy atom. The second-order valence-corrected chi connectivity index (χ2v) is 7.75. The number of nitrogens with zero attached hydrogens (tertiary/aromatic N) is 4. The number of amides is 1. The molecule has 0 unspecified atom stereocenters. The van der Waals surface area contributed by atoms with Gasteiger partial charge in [0.2, 0.25) is 5.91 Å². The van der Waals surface area contributed by atoms with E-state index in [1.165, 1.54) is 12.1 Å². The van der Waals surface area contributed by atoms with E-state index in [9.17, 15) is 9.18 Å². The first-order valence-corrected chi connectivity index (χ1v) is 10.4. The Morgan fingerprint density at radius 2 is 1.94 bits per heavy atom. The molecule has 2 aromatic heterocycles. The first kappa shape index (κ1) is 19.2. The molecule has 1 aliphatic heterocycles. The Labute approximate surface area is 179 Å². The Kier molecular flexibility index (Phi) is 4.86. The summed E-state index contributed by atoms with van der Waals surface area (Å²) < 4.78 is 15.3. The fourth-order valence-electron chi connectivity index (χ4n) is 3.96. The van der Waals surface area contributed by atoms with Gasteiger partial charge in [0.15, 0.2) is 5.65 Å². The van der Waals surface area contributed by atoms with Gasteiger partial charge in [-0.15, -0.1) is 5.10 Å². The molecule has 1 N–H and O–H groups in total. The third-order valence-corrected chi connectivity index (χ3v) is 5.62. The lowest BCUT2D eigenvalue weighted by molar-refractivity contribution is -0.117. The molecule has 3 heterocycles. The molecular weight excluding hydrogens is 393 g/mol. The van der Waals surface area contributed by atoms with Crippen molar-refractivity contribution in [2.45, 2.75) is 25.8 Å². The van der Waals surface area contributed by atoms with Gasteiger partial charge in [0.25, 0.3) is 0 Å². The summed E-state index contributed by atoms with van der Waals surface area (Å²) in [5, 5.41) is 8.02. The van der Waals surface area contributed by atoms with Crippen LogP contribution in [0.5, 0.6) is 0 Å². The molecule has 0 aliphatic carbocycles. The van der Waals surface area contributed by atoms with Gasteiger partial charge in [-0.3, -0.25) is 4.79 Å². The highest BCUT2D eigenvalue weighted by Crippen LogP contribution is 2.27. The van der Waals surface area contributed by atoms with Crippen molar-refractivity contribution < 1.29 is 9.18 Å². The van der Waals surface area contributed by atoms with Gasteiger partial charge in [-0.25, -0.2) is 13.9 Å². The number of imidazole rings is 1. The van der Waals surface area contributed by atoms with Gasteiger partial charge in [0, 0.05) is 24.2 Å². The molecule has 1 saturated heterocycles. The van der Waals surface area contributed by atoms with Gasteiger partial charge in [-0.1, -0.05) is 24.3 Å². The summed E-state index contributed by atoms with van der Waals surface area (Å²) in [5.74, 6) is 0.584. The van der Waals surface area contributed by atoms with Gasteiger partial charge < -0.3 is 10.2 Å². The molecule has 156 valence electrons. The minimum absolute atomic E-state index is 0.107.